The van der Waals surface area contributed by atoms with E-state index in [0.29, 0.717) is 12.5 Å². The molecule has 0 radical (unpaired) electrons. The van der Waals surface area contributed by atoms with Crippen molar-refractivity contribution in [3.05, 3.63) is 51.0 Å². The van der Waals surface area contributed by atoms with E-state index in [0.717, 1.165) is 28.8 Å². The van der Waals surface area contributed by atoms with Crippen LogP contribution in [-0.2, 0) is 13.0 Å². The maximum Gasteiger partial charge on any atom is 0.185 e. The summed E-state index contributed by atoms with van der Waals surface area (Å²) in [4.78, 5) is 5.78. The molecule has 3 rings (SSSR count). The van der Waals surface area contributed by atoms with Gasteiger partial charge in [-0.25, -0.2) is 4.39 Å². The highest BCUT2D eigenvalue weighted by Crippen LogP contribution is 2.35. The quantitative estimate of drug-likeness (QED) is 0.921. The molecule has 1 aromatic heterocycles. The first kappa shape index (κ1) is 15.4. The van der Waals surface area contributed by atoms with E-state index in [2.05, 4.69) is 23.8 Å². The van der Waals surface area contributed by atoms with Crippen molar-refractivity contribution in [1.29, 1.82) is 0 Å². The molecular weight excluding hydrogens is 299 g/mol. The van der Waals surface area contributed by atoms with Crippen LogP contribution >= 0.6 is 11.3 Å². The highest BCUT2D eigenvalue weighted by molar-refractivity contribution is 7.07. The van der Waals surface area contributed by atoms with E-state index in [1.807, 2.05) is 6.07 Å². The van der Waals surface area contributed by atoms with Gasteiger partial charge < -0.3 is 9.67 Å². The molecule has 2 aromatic rings. The average Bonchev–Trinajstić information content (AvgIpc) is 3.06. The molecule has 1 unspecified atom stereocenters. The summed E-state index contributed by atoms with van der Waals surface area (Å²) in [7, 11) is 0. The van der Waals surface area contributed by atoms with Crippen LogP contribution < -0.4 is 4.80 Å². The van der Waals surface area contributed by atoms with Gasteiger partial charge in [-0.3, -0.25) is 4.99 Å². The Morgan fingerprint density at radius 2 is 2.27 bits per heavy atom. The second-order valence-electron chi connectivity index (χ2n) is 5.96. The lowest BCUT2D eigenvalue weighted by atomic mass is 10.1. The number of hydrogen-bond acceptors (Lipinski definition) is 3. The van der Waals surface area contributed by atoms with Gasteiger partial charge in [-0.2, -0.15) is 0 Å². The molecule has 118 valence electrons. The molecule has 0 aliphatic heterocycles. The van der Waals surface area contributed by atoms with Crippen LogP contribution in [0.25, 0.3) is 0 Å². The zero-order chi connectivity index (χ0) is 15.7. The van der Waals surface area contributed by atoms with E-state index in [-0.39, 0.29) is 18.5 Å². The van der Waals surface area contributed by atoms with Crippen molar-refractivity contribution in [2.45, 2.75) is 45.2 Å². The second-order valence-corrected chi connectivity index (χ2v) is 6.80. The van der Waals surface area contributed by atoms with Crippen LogP contribution in [0.15, 0.2) is 28.6 Å². The number of nitrogens with zero attached hydrogens (tertiary/aromatic N) is 2. The molecule has 22 heavy (non-hydrogen) atoms. The van der Waals surface area contributed by atoms with Gasteiger partial charge in [0.15, 0.2) is 4.80 Å². The van der Waals surface area contributed by atoms with E-state index in [1.54, 1.807) is 17.4 Å². The molecule has 0 saturated heterocycles. The highest BCUT2D eigenvalue weighted by atomic mass is 32.1. The Morgan fingerprint density at radius 3 is 3.00 bits per heavy atom. The maximum atomic E-state index is 13.8. The van der Waals surface area contributed by atoms with Crippen LogP contribution in [-0.4, -0.2) is 16.3 Å². The average molecular weight is 320 g/mol. The predicted octanol–water partition coefficient (Wildman–Crippen LogP) is 3.39. The second kappa shape index (κ2) is 6.34. The molecule has 1 atom stereocenters. The minimum Gasteiger partial charge on any atom is -0.395 e. The van der Waals surface area contributed by atoms with Gasteiger partial charge in [0.1, 0.15) is 5.82 Å². The molecule has 0 amide bonds. The van der Waals surface area contributed by atoms with Gasteiger partial charge in [0, 0.05) is 17.6 Å². The van der Waals surface area contributed by atoms with Gasteiger partial charge in [-0.15, -0.1) is 11.3 Å². The van der Waals surface area contributed by atoms with Gasteiger partial charge in [-0.05, 0) is 36.0 Å². The zero-order valence-electron chi connectivity index (χ0n) is 12.9. The van der Waals surface area contributed by atoms with E-state index in [4.69, 9.17) is 4.99 Å². The number of aromatic nitrogens is 1. The van der Waals surface area contributed by atoms with Crippen molar-refractivity contribution in [3.63, 3.8) is 0 Å². The predicted molar refractivity (Wildman–Crippen MR) is 86.5 cm³/mol. The number of aliphatic hydroxyl groups is 1. The fourth-order valence-electron chi connectivity index (χ4n) is 3.08. The van der Waals surface area contributed by atoms with E-state index in [9.17, 15) is 9.50 Å². The van der Waals surface area contributed by atoms with Gasteiger partial charge in [0.05, 0.1) is 12.6 Å². The van der Waals surface area contributed by atoms with Crippen LogP contribution in [0.1, 0.15) is 49.0 Å². The van der Waals surface area contributed by atoms with E-state index in [1.165, 1.54) is 11.8 Å². The zero-order valence-corrected chi connectivity index (χ0v) is 13.7. The lowest BCUT2D eigenvalue weighted by molar-refractivity contribution is 0.272. The fraction of sp³-hybridized carbons (Fsp3) is 0.471. The third-order valence-electron chi connectivity index (χ3n) is 4.19. The van der Waals surface area contributed by atoms with Crippen LogP contribution in [0.5, 0.6) is 0 Å². The molecule has 1 aliphatic rings. The maximum absolute atomic E-state index is 13.8. The van der Waals surface area contributed by atoms with Gasteiger partial charge in [0.2, 0.25) is 0 Å². The normalized spacial score (nSPS) is 18.2. The van der Waals surface area contributed by atoms with Crippen molar-refractivity contribution < 1.29 is 9.50 Å². The minimum atomic E-state index is -0.118. The molecule has 0 fully saturated rings. The summed E-state index contributed by atoms with van der Waals surface area (Å²) in [6.45, 7) is 4.93. The molecule has 1 aliphatic carbocycles. The number of fused-ring (bicyclic) bond motifs is 1. The van der Waals surface area contributed by atoms with Crippen LogP contribution in [0.3, 0.4) is 0 Å². The number of benzene rings is 1. The first-order valence-corrected chi connectivity index (χ1v) is 8.60. The lowest BCUT2D eigenvalue weighted by Crippen LogP contribution is -2.21. The smallest absolute Gasteiger partial charge is 0.185 e. The summed E-state index contributed by atoms with van der Waals surface area (Å²) in [6, 6.07) is 5.29. The van der Waals surface area contributed by atoms with Crippen molar-refractivity contribution in [2.24, 2.45) is 4.99 Å². The molecule has 0 bridgehead atoms. The first-order valence-electron chi connectivity index (χ1n) is 7.72. The molecule has 3 nitrogen and oxygen atoms in total. The minimum absolute atomic E-state index is 0.0225. The topological polar surface area (TPSA) is 37.5 Å². The summed E-state index contributed by atoms with van der Waals surface area (Å²) >= 11 is 1.60. The van der Waals surface area contributed by atoms with E-state index < -0.39 is 0 Å². The third-order valence-corrected chi connectivity index (χ3v) is 5.09. The Hall–Kier alpha value is -1.46. The van der Waals surface area contributed by atoms with Crippen molar-refractivity contribution >= 4 is 11.3 Å². The molecule has 1 heterocycles. The van der Waals surface area contributed by atoms with Crippen molar-refractivity contribution in [1.82, 2.24) is 4.57 Å². The van der Waals surface area contributed by atoms with Crippen LogP contribution in [0.4, 0.5) is 4.39 Å². The highest BCUT2D eigenvalue weighted by Gasteiger charge is 2.24. The Bertz CT molecular complexity index is 733. The molecule has 1 N–H and O–H groups in total. The molecule has 0 spiro atoms. The van der Waals surface area contributed by atoms with E-state index >= 15 is 0 Å². The summed E-state index contributed by atoms with van der Waals surface area (Å²) < 4.78 is 15.9. The monoisotopic (exact) mass is 320 g/mol. The number of aliphatic hydroxyl groups excluding tert-OH is 1. The van der Waals surface area contributed by atoms with Gasteiger partial charge in [-0.1, -0.05) is 26.0 Å². The van der Waals surface area contributed by atoms with Gasteiger partial charge >= 0.3 is 0 Å². The van der Waals surface area contributed by atoms with Crippen LogP contribution in [0, 0.1) is 5.82 Å². The SMILES string of the molecule is CC(C)c1csc(=NC2CCc3c(F)cccc32)n1CCO. The number of hydrogen-bond donors (Lipinski definition) is 1. The summed E-state index contributed by atoms with van der Waals surface area (Å²) in [6.07, 6.45) is 1.60. The number of halogens is 1. The summed E-state index contributed by atoms with van der Waals surface area (Å²) in [5.74, 6) is 0.271. The summed E-state index contributed by atoms with van der Waals surface area (Å²) in [5.41, 5.74) is 3.01. The van der Waals surface area contributed by atoms with Crippen molar-refractivity contribution in [2.75, 3.05) is 6.61 Å². The molecule has 0 saturated carbocycles. The fourth-order valence-corrected chi connectivity index (χ4v) is 4.22. The Kier molecular flexibility index (Phi) is 4.45. The molecule has 5 heteroatoms. The standard InChI is InChI=1S/C17H21FN2OS/c1-11(2)16-10-22-17(20(16)8-9-21)19-15-7-6-12-13(15)4-3-5-14(12)18/h3-5,10-11,15,21H,6-9H2,1-2H3. The van der Waals surface area contributed by atoms with Crippen molar-refractivity contribution in [3.8, 4) is 0 Å². The summed E-state index contributed by atoms with van der Waals surface area (Å²) in [5, 5.41) is 11.4. The molecule has 1 aromatic carbocycles. The number of rotatable bonds is 4. The Morgan fingerprint density at radius 1 is 1.45 bits per heavy atom. The first-order chi connectivity index (χ1) is 10.6. The Labute approximate surface area is 133 Å². The van der Waals surface area contributed by atoms with Crippen LogP contribution in [0.2, 0.25) is 0 Å². The third kappa shape index (κ3) is 2.75. The Balaban J connectivity index is 2.03. The van der Waals surface area contributed by atoms with Gasteiger partial charge in [0.25, 0.3) is 0 Å². The largest absolute Gasteiger partial charge is 0.395 e. The molecular formula is C17H21FN2OS. The number of thiazole rings is 1. The lowest BCUT2D eigenvalue weighted by Gasteiger charge is -2.11.